The Morgan fingerprint density at radius 2 is 1.79 bits per heavy atom. The second-order valence-electron chi connectivity index (χ2n) is 6.10. The monoisotopic (exact) mass is 519 g/mol. The summed E-state index contributed by atoms with van der Waals surface area (Å²) in [5.41, 5.74) is 1.62. The van der Waals surface area contributed by atoms with Crippen LogP contribution in [0.25, 0.3) is 0 Å². The fraction of sp³-hybridized carbons (Fsp3) is 0.350. The van der Waals surface area contributed by atoms with E-state index in [-0.39, 0.29) is 29.7 Å². The number of guanidine groups is 1. The van der Waals surface area contributed by atoms with Crippen LogP contribution in [0.5, 0.6) is 17.2 Å². The van der Waals surface area contributed by atoms with Gasteiger partial charge in [-0.3, -0.25) is 4.99 Å². The largest absolute Gasteiger partial charge is 0.490 e. The summed E-state index contributed by atoms with van der Waals surface area (Å²) in [7, 11) is 1.64. The number of hydrogen-bond donors (Lipinski definition) is 2. The van der Waals surface area contributed by atoms with E-state index in [1.54, 1.807) is 25.2 Å². The predicted octanol–water partition coefficient (Wildman–Crippen LogP) is 3.93. The summed E-state index contributed by atoms with van der Waals surface area (Å²) in [5, 5.41) is 6.29. The molecule has 0 atom stereocenters. The van der Waals surface area contributed by atoms with Gasteiger partial charge in [-0.05, 0) is 23.8 Å². The van der Waals surface area contributed by atoms with Crippen LogP contribution >= 0.6 is 24.0 Å². The highest BCUT2D eigenvalue weighted by Crippen LogP contribution is 2.30. The van der Waals surface area contributed by atoms with E-state index < -0.39 is 6.61 Å². The number of rotatable bonds is 6. The van der Waals surface area contributed by atoms with Gasteiger partial charge in [0.05, 0.1) is 13.2 Å². The standard InChI is InChI=1S/C20H23F2N3O3.HI/c1-23-20(25-13-15-5-2-3-6-16(15)28-19(21)22)24-12-14-7-8-17-18(11-14)27-10-4-9-26-17;/h2-3,5-8,11,19H,4,9-10,12-13H2,1H3,(H2,23,24,25);1H. The minimum absolute atomic E-state index is 0. The van der Waals surface area contributed by atoms with E-state index in [9.17, 15) is 8.78 Å². The summed E-state index contributed by atoms with van der Waals surface area (Å²) in [6.45, 7) is -0.765. The highest BCUT2D eigenvalue weighted by Gasteiger charge is 2.12. The molecule has 1 aliphatic heterocycles. The van der Waals surface area contributed by atoms with Crippen LogP contribution in [0.4, 0.5) is 8.78 Å². The maximum absolute atomic E-state index is 12.5. The first-order valence-electron chi connectivity index (χ1n) is 9.01. The number of nitrogens with one attached hydrogen (secondary N) is 2. The van der Waals surface area contributed by atoms with Crippen molar-refractivity contribution in [3.63, 3.8) is 0 Å². The van der Waals surface area contributed by atoms with Crippen molar-refractivity contribution < 1.29 is 23.0 Å². The number of nitrogens with zero attached hydrogens (tertiary/aromatic N) is 1. The summed E-state index contributed by atoms with van der Waals surface area (Å²) in [4.78, 5) is 4.16. The van der Waals surface area contributed by atoms with Crippen LogP contribution in [0.3, 0.4) is 0 Å². The number of hydrogen-bond acceptors (Lipinski definition) is 4. The smallest absolute Gasteiger partial charge is 0.387 e. The van der Waals surface area contributed by atoms with Crippen molar-refractivity contribution in [2.24, 2.45) is 4.99 Å². The van der Waals surface area contributed by atoms with Crippen LogP contribution in [-0.2, 0) is 13.1 Å². The number of fused-ring (bicyclic) bond motifs is 1. The molecular weight excluding hydrogens is 495 g/mol. The first-order valence-corrected chi connectivity index (χ1v) is 9.01. The molecule has 1 aliphatic rings. The van der Waals surface area contributed by atoms with Crippen molar-refractivity contribution in [1.29, 1.82) is 0 Å². The molecule has 29 heavy (non-hydrogen) atoms. The first-order chi connectivity index (χ1) is 13.7. The normalized spacial score (nSPS) is 13.3. The van der Waals surface area contributed by atoms with Crippen LogP contribution in [0.15, 0.2) is 47.5 Å². The highest BCUT2D eigenvalue weighted by atomic mass is 127. The molecule has 0 bridgehead atoms. The Balaban J connectivity index is 0.00000300. The summed E-state index contributed by atoms with van der Waals surface area (Å²) < 4.78 is 40.9. The molecule has 0 radical (unpaired) electrons. The van der Waals surface area contributed by atoms with Crippen molar-refractivity contribution in [2.75, 3.05) is 20.3 Å². The number of benzene rings is 2. The van der Waals surface area contributed by atoms with Gasteiger partial charge in [-0.25, -0.2) is 0 Å². The van der Waals surface area contributed by atoms with Crippen LogP contribution in [-0.4, -0.2) is 32.8 Å². The van der Waals surface area contributed by atoms with E-state index >= 15 is 0 Å². The quantitative estimate of drug-likeness (QED) is 0.344. The molecule has 0 fully saturated rings. The zero-order valence-electron chi connectivity index (χ0n) is 16.0. The number of para-hydroxylation sites is 1. The van der Waals surface area contributed by atoms with Gasteiger partial charge in [-0.15, -0.1) is 24.0 Å². The fourth-order valence-corrected chi connectivity index (χ4v) is 2.76. The van der Waals surface area contributed by atoms with Crippen LogP contribution in [0, 0.1) is 0 Å². The minimum atomic E-state index is -2.86. The van der Waals surface area contributed by atoms with Gasteiger partial charge in [0.25, 0.3) is 0 Å². The van der Waals surface area contributed by atoms with Crippen LogP contribution < -0.4 is 24.8 Å². The molecule has 2 N–H and O–H groups in total. The first kappa shape index (κ1) is 23.0. The van der Waals surface area contributed by atoms with Gasteiger partial charge in [-0.1, -0.05) is 24.3 Å². The van der Waals surface area contributed by atoms with Gasteiger partial charge in [-0.2, -0.15) is 8.78 Å². The Kier molecular flexibility index (Phi) is 9.23. The number of ether oxygens (including phenoxy) is 3. The molecule has 2 aromatic carbocycles. The molecule has 0 saturated heterocycles. The van der Waals surface area contributed by atoms with Crippen LogP contribution in [0.1, 0.15) is 17.5 Å². The molecule has 0 amide bonds. The average Bonchev–Trinajstić information content (AvgIpc) is 2.93. The Morgan fingerprint density at radius 1 is 1.07 bits per heavy atom. The molecule has 1 heterocycles. The van der Waals surface area contributed by atoms with Crippen molar-refractivity contribution in [3.8, 4) is 17.2 Å². The summed E-state index contributed by atoms with van der Waals surface area (Å²) in [6, 6.07) is 12.4. The fourth-order valence-electron chi connectivity index (χ4n) is 2.76. The lowest BCUT2D eigenvalue weighted by Gasteiger charge is -2.15. The molecule has 0 unspecified atom stereocenters. The topological polar surface area (TPSA) is 64.1 Å². The second kappa shape index (κ2) is 11.6. The third kappa shape index (κ3) is 6.91. The van der Waals surface area contributed by atoms with Crippen molar-refractivity contribution in [2.45, 2.75) is 26.1 Å². The van der Waals surface area contributed by atoms with Crippen molar-refractivity contribution >= 4 is 29.9 Å². The molecule has 3 rings (SSSR count). The lowest BCUT2D eigenvalue weighted by molar-refractivity contribution is -0.0504. The van der Waals surface area contributed by atoms with Gasteiger partial charge in [0.2, 0.25) is 0 Å². The molecule has 6 nitrogen and oxygen atoms in total. The Labute approximate surface area is 185 Å². The Hall–Kier alpha value is -2.30. The summed E-state index contributed by atoms with van der Waals surface area (Å²) in [5.74, 6) is 2.17. The maximum Gasteiger partial charge on any atom is 0.387 e. The van der Waals surface area contributed by atoms with E-state index in [2.05, 4.69) is 20.4 Å². The SMILES string of the molecule is CN=C(NCc1ccc2c(c1)OCCCO2)NCc1ccccc1OC(F)F.I. The number of aliphatic imine (C=N–C) groups is 1. The number of halogens is 3. The highest BCUT2D eigenvalue weighted by molar-refractivity contribution is 14.0. The molecule has 0 spiro atoms. The van der Waals surface area contributed by atoms with Gasteiger partial charge < -0.3 is 24.8 Å². The van der Waals surface area contributed by atoms with E-state index in [1.807, 2.05) is 18.2 Å². The Morgan fingerprint density at radius 3 is 2.55 bits per heavy atom. The van der Waals surface area contributed by atoms with Crippen LogP contribution in [0.2, 0.25) is 0 Å². The zero-order chi connectivity index (χ0) is 19.8. The molecule has 158 valence electrons. The van der Waals surface area contributed by atoms with Crippen molar-refractivity contribution in [3.05, 3.63) is 53.6 Å². The number of alkyl halides is 2. The van der Waals surface area contributed by atoms with E-state index in [0.29, 0.717) is 37.8 Å². The average molecular weight is 519 g/mol. The van der Waals surface area contributed by atoms with Crippen molar-refractivity contribution in [1.82, 2.24) is 10.6 Å². The summed E-state index contributed by atoms with van der Waals surface area (Å²) in [6.07, 6.45) is 0.857. The minimum Gasteiger partial charge on any atom is -0.490 e. The lowest BCUT2D eigenvalue weighted by atomic mass is 10.2. The predicted molar refractivity (Wildman–Crippen MR) is 118 cm³/mol. The van der Waals surface area contributed by atoms with Gasteiger partial charge in [0, 0.05) is 32.1 Å². The van der Waals surface area contributed by atoms with Gasteiger partial charge >= 0.3 is 6.61 Å². The molecule has 0 aromatic heterocycles. The summed E-state index contributed by atoms with van der Waals surface area (Å²) >= 11 is 0. The lowest BCUT2D eigenvalue weighted by Crippen LogP contribution is -2.36. The molecule has 2 aromatic rings. The van der Waals surface area contributed by atoms with E-state index in [0.717, 1.165) is 23.5 Å². The van der Waals surface area contributed by atoms with E-state index in [1.165, 1.54) is 6.07 Å². The third-order valence-electron chi connectivity index (χ3n) is 4.13. The maximum atomic E-state index is 12.5. The molecular formula is C20H24F2IN3O3. The van der Waals surface area contributed by atoms with Gasteiger partial charge in [0.15, 0.2) is 17.5 Å². The third-order valence-corrected chi connectivity index (χ3v) is 4.13. The molecule has 0 saturated carbocycles. The van der Waals surface area contributed by atoms with Gasteiger partial charge in [0.1, 0.15) is 5.75 Å². The van der Waals surface area contributed by atoms with E-state index in [4.69, 9.17) is 9.47 Å². The molecule has 9 heteroatoms. The zero-order valence-corrected chi connectivity index (χ0v) is 18.3. The molecule has 0 aliphatic carbocycles. The Bertz CT molecular complexity index is 821. The second-order valence-corrected chi connectivity index (χ2v) is 6.10.